The van der Waals surface area contributed by atoms with Crippen LogP contribution in [-0.2, 0) is 11.0 Å². The Morgan fingerprint density at radius 3 is 2.12 bits per heavy atom. The van der Waals surface area contributed by atoms with E-state index < -0.39 is 29.1 Å². The number of carbonyl (C=O) groups excluding carboxylic acids is 2. The van der Waals surface area contributed by atoms with Crippen LogP contribution < -0.4 is 16.4 Å². The van der Waals surface area contributed by atoms with Crippen molar-refractivity contribution in [3.05, 3.63) is 29.3 Å². The van der Waals surface area contributed by atoms with E-state index in [-0.39, 0.29) is 30.2 Å². The Morgan fingerprint density at radius 2 is 1.68 bits per heavy atom. The SMILES string of the molecule is CCC(N)(CC)CNC(=O)c1cc(NC(C)=O)cc(C(F)(F)F)c1.Cl. The van der Waals surface area contributed by atoms with Gasteiger partial charge in [0.1, 0.15) is 0 Å². The van der Waals surface area contributed by atoms with Gasteiger partial charge in [0.2, 0.25) is 5.91 Å². The van der Waals surface area contributed by atoms with E-state index in [1.807, 2.05) is 13.8 Å². The molecule has 0 bridgehead atoms. The van der Waals surface area contributed by atoms with E-state index >= 15 is 0 Å². The van der Waals surface area contributed by atoms with Gasteiger partial charge in [0.15, 0.2) is 0 Å². The quantitative estimate of drug-likeness (QED) is 0.706. The molecule has 0 radical (unpaired) electrons. The van der Waals surface area contributed by atoms with Gasteiger partial charge in [-0.05, 0) is 31.0 Å². The first-order valence-corrected chi connectivity index (χ1v) is 7.57. The van der Waals surface area contributed by atoms with Gasteiger partial charge in [0.25, 0.3) is 5.91 Å². The number of benzene rings is 1. The molecule has 0 atom stereocenters. The molecule has 4 N–H and O–H groups in total. The molecule has 0 aromatic heterocycles. The minimum atomic E-state index is -4.63. The van der Waals surface area contributed by atoms with Gasteiger partial charge in [-0.3, -0.25) is 9.59 Å². The minimum absolute atomic E-state index is 0. The summed E-state index contributed by atoms with van der Waals surface area (Å²) in [5.74, 6) is -1.21. The third-order valence-electron chi connectivity index (χ3n) is 3.85. The van der Waals surface area contributed by atoms with Gasteiger partial charge in [-0.15, -0.1) is 12.4 Å². The maximum Gasteiger partial charge on any atom is 0.416 e. The second kappa shape index (κ2) is 9.05. The molecule has 9 heteroatoms. The van der Waals surface area contributed by atoms with Gasteiger partial charge in [-0.1, -0.05) is 13.8 Å². The molecule has 0 saturated heterocycles. The fourth-order valence-corrected chi connectivity index (χ4v) is 2.06. The smallest absolute Gasteiger partial charge is 0.350 e. The van der Waals surface area contributed by atoms with Gasteiger partial charge < -0.3 is 16.4 Å². The minimum Gasteiger partial charge on any atom is -0.350 e. The standard InChI is InChI=1S/C16H22F3N3O2.ClH/c1-4-15(20,5-2)9-21-14(24)11-6-12(16(17,18)19)8-13(7-11)22-10(3)23;/h6-8H,4-5,9,20H2,1-3H3,(H,21,24)(H,22,23);1H. The summed E-state index contributed by atoms with van der Waals surface area (Å²) in [6, 6.07) is 2.72. The van der Waals surface area contributed by atoms with Gasteiger partial charge >= 0.3 is 6.18 Å². The lowest BCUT2D eigenvalue weighted by molar-refractivity contribution is -0.137. The summed E-state index contributed by atoms with van der Waals surface area (Å²) in [5.41, 5.74) is 4.16. The molecule has 0 saturated carbocycles. The van der Waals surface area contributed by atoms with Gasteiger partial charge in [-0.25, -0.2) is 0 Å². The van der Waals surface area contributed by atoms with Crippen LogP contribution in [0.15, 0.2) is 18.2 Å². The molecule has 25 heavy (non-hydrogen) atoms. The molecule has 1 aromatic rings. The molecule has 142 valence electrons. The summed E-state index contributed by atoms with van der Waals surface area (Å²) in [6.45, 7) is 5.06. The lowest BCUT2D eigenvalue weighted by Gasteiger charge is -2.26. The molecule has 0 aliphatic rings. The summed E-state index contributed by atoms with van der Waals surface area (Å²) in [5, 5.41) is 4.82. The van der Waals surface area contributed by atoms with Crippen LogP contribution >= 0.6 is 12.4 Å². The van der Waals surface area contributed by atoms with E-state index in [4.69, 9.17) is 5.73 Å². The number of nitrogens with one attached hydrogen (secondary N) is 2. The zero-order valence-corrected chi connectivity index (χ0v) is 15.1. The lowest BCUT2D eigenvalue weighted by atomic mass is 9.94. The Labute approximate surface area is 150 Å². The molecule has 0 spiro atoms. The summed E-state index contributed by atoms with van der Waals surface area (Å²) in [7, 11) is 0. The van der Waals surface area contributed by atoms with Gasteiger partial charge in [-0.2, -0.15) is 13.2 Å². The Morgan fingerprint density at radius 1 is 1.12 bits per heavy atom. The molecule has 0 heterocycles. The number of halogens is 4. The zero-order valence-electron chi connectivity index (χ0n) is 14.3. The zero-order chi connectivity index (χ0) is 18.5. The van der Waals surface area contributed by atoms with E-state index in [9.17, 15) is 22.8 Å². The van der Waals surface area contributed by atoms with E-state index in [1.165, 1.54) is 13.0 Å². The van der Waals surface area contributed by atoms with Crippen molar-refractivity contribution < 1.29 is 22.8 Å². The van der Waals surface area contributed by atoms with Crippen molar-refractivity contribution in [2.75, 3.05) is 11.9 Å². The Balaban J connectivity index is 0.00000576. The number of hydrogen-bond acceptors (Lipinski definition) is 3. The van der Waals surface area contributed by atoms with Crippen molar-refractivity contribution in [3.8, 4) is 0 Å². The predicted octanol–water partition coefficient (Wildman–Crippen LogP) is 3.33. The number of amides is 2. The number of nitrogens with two attached hydrogens (primary N) is 1. The Bertz CT molecular complexity index is 617. The summed E-state index contributed by atoms with van der Waals surface area (Å²) < 4.78 is 38.9. The largest absolute Gasteiger partial charge is 0.416 e. The number of carbonyl (C=O) groups is 2. The normalized spacial score (nSPS) is 11.5. The van der Waals surface area contributed by atoms with Crippen molar-refractivity contribution in [1.82, 2.24) is 5.32 Å². The molecule has 1 aromatic carbocycles. The summed E-state index contributed by atoms with van der Waals surface area (Å²) in [4.78, 5) is 23.3. The van der Waals surface area contributed by atoms with Crippen molar-refractivity contribution in [3.63, 3.8) is 0 Å². The summed E-state index contributed by atoms with van der Waals surface area (Å²) in [6.07, 6.45) is -3.40. The molecular formula is C16H23ClF3N3O2. The number of hydrogen-bond donors (Lipinski definition) is 3. The fourth-order valence-electron chi connectivity index (χ4n) is 2.06. The molecule has 0 fully saturated rings. The van der Waals surface area contributed by atoms with Gasteiger partial charge in [0, 0.05) is 30.3 Å². The van der Waals surface area contributed by atoms with Gasteiger partial charge in [0.05, 0.1) is 5.56 Å². The molecule has 0 unspecified atom stereocenters. The number of rotatable bonds is 6. The third-order valence-corrected chi connectivity index (χ3v) is 3.85. The van der Waals surface area contributed by atoms with Crippen LogP contribution in [0.2, 0.25) is 0 Å². The highest BCUT2D eigenvalue weighted by Crippen LogP contribution is 2.32. The topological polar surface area (TPSA) is 84.2 Å². The van der Waals surface area contributed by atoms with Crippen LogP contribution in [0.5, 0.6) is 0 Å². The van der Waals surface area contributed by atoms with Crippen LogP contribution in [0.3, 0.4) is 0 Å². The second-order valence-corrected chi connectivity index (χ2v) is 5.73. The molecule has 2 amide bonds. The van der Waals surface area contributed by atoms with Crippen molar-refractivity contribution in [2.45, 2.75) is 45.3 Å². The van der Waals surface area contributed by atoms with Crippen LogP contribution in [-0.4, -0.2) is 23.9 Å². The van der Waals surface area contributed by atoms with E-state index in [0.717, 1.165) is 12.1 Å². The van der Waals surface area contributed by atoms with Crippen LogP contribution in [0.1, 0.15) is 49.5 Å². The van der Waals surface area contributed by atoms with Crippen LogP contribution in [0.4, 0.5) is 18.9 Å². The summed E-state index contributed by atoms with van der Waals surface area (Å²) >= 11 is 0. The van der Waals surface area contributed by atoms with Crippen LogP contribution in [0, 0.1) is 0 Å². The molecule has 1 rings (SSSR count). The van der Waals surface area contributed by atoms with Crippen molar-refractivity contribution in [2.24, 2.45) is 5.73 Å². The lowest BCUT2D eigenvalue weighted by Crippen LogP contribution is -2.49. The predicted molar refractivity (Wildman–Crippen MR) is 92.8 cm³/mol. The van der Waals surface area contributed by atoms with Crippen LogP contribution in [0.25, 0.3) is 0 Å². The highest BCUT2D eigenvalue weighted by molar-refractivity contribution is 5.97. The van der Waals surface area contributed by atoms with E-state index in [1.54, 1.807) is 0 Å². The first-order valence-electron chi connectivity index (χ1n) is 7.57. The first kappa shape index (κ1) is 23.2. The maximum atomic E-state index is 13.0. The highest BCUT2D eigenvalue weighted by atomic mass is 35.5. The average Bonchev–Trinajstić information content (AvgIpc) is 2.50. The first-order chi connectivity index (χ1) is 11.0. The molecular weight excluding hydrogens is 359 g/mol. The average molecular weight is 382 g/mol. The molecule has 0 aliphatic carbocycles. The second-order valence-electron chi connectivity index (χ2n) is 5.73. The number of anilines is 1. The third kappa shape index (κ3) is 6.91. The number of alkyl halides is 3. The van der Waals surface area contributed by atoms with Crippen molar-refractivity contribution in [1.29, 1.82) is 0 Å². The highest BCUT2D eigenvalue weighted by Gasteiger charge is 2.32. The molecule has 5 nitrogen and oxygen atoms in total. The monoisotopic (exact) mass is 381 g/mol. The van der Waals surface area contributed by atoms with Crippen molar-refractivity contribution >= 4 is 29.9 Å². The van der Waals surface area contributed by atoms with E-state index in [2.05, 4.69) is 10.6 Å². The fraction of sp³-hybridized carbons (Fsp3) is 0.500. The maximum absolute atomic E-state index is 13.0. The Kier molecular flexibility index (Phi) is 8.40. The van der Waals surface area contributed by atoms with E-state index in [0.29, 0.717) is 12.8 Å². The Hall–Kier alpha value is -1.80. The molecule has 0 aliphatic heterocycles.